The average molecular weight is 656 g/mol. The van der Waals surface area contributed by atoms with E-state index in [1.54, 1.807) is 23.4 Å². The minimum Gasteiger partial charge on any atom is -0.420 e. The SMILES string of the molecule is Nc1[c-]c(N2CCc3nc(-c4cnc(N5CCC(F)C5)cn4)sc3C2=O)ccc1.[Cm]. The van der Waals surface area contributed by atoms with Crippen molar-refractivity contribution in [1.82, 2.24) is 15.0 Å². The molecule has 30 heavy (non-hydrogen) atoms. The molecule has 7 nitrogen and oxygen atoms in total. The van der Waals surface area contributed by atoms with Crippen LogP contribution in [-0.2, 0) is 6.42 Å². The minimum atomic E-state index is -0.812. The number of rotatable bonds is 3. The van der Waals surface area contributed by atoms with E-state index in [2.05, 4.69) is 21.0 Å². The van der Waals surface area contributed by atoms with Crippen LogP contribution in [0.1, 0.15) is 21.8 Å². The van der Waals surface area contributed by atoms with Gasteiger partial charge < -0.3 is 15.5 Å². The normalized spacial score (nSPS) is 18.3. The van der Waals surface area contributed by atoms with Crippen LogP contribution < -0.4 is 15.5 Å². The molecule has 3 aromatic rings. The molecule has 1 atom stereocenters. The number of anilines is 3. The van der Waals surface area contributed by atoms with Crippen LogP contribution in [0.5, 0.6) is 0 Å². The zero-order valence-corrected chi connectivity index (χ0v) is 19.6. The van der Waals surface area contributed by atoms with Gasteiger partial charge in [0.05, 0.1) is 24.6 Å². The number of alkyl halides is 1. The standard InChI is InChI=1S/C20H18FN6OS.Cm/c21-12-4-6-26(11-12)17-10-23-16(9-24-17)19-25-15-5-7-27(20(28)18(15)29-19)14-3-1-2-13(22)8-14;/h1-3,9-10,12H,4-7,11,22H2;/q-1;. The Balaban J connectivity index is 0.00000218. The van der Waals surface area contributed by atoms with Crippen molar-refractivity contribution in [1.29, 1.82) is 0 Å². The van der Waals surface area contributed by atoms with Gasteiger partial charge in [0.15, 0.2) is 0 Å². The number of hydrogen-bond donors (Lipinski definition) is 1. The first kappa shape index (κ1) is 19.3. The van der Waals surface area contributed by atoms with Gasteiger partial charge in [-0.1, -0.05) is 11.4 Å². The van der Waals surface area contributed by atoms with Crippen molar-refractivity contribution in [3.63, 3.8) is 0 Å². The van der Waals surface area contributed by atoms with Crippen molar-refractivity contribution in [3.05, 3.63) is 47.2 Å². The molecule has 2 aliphatic heterocycles. The van der Waals surface area contributed by atoms with Crippen molar-refractivity contribution in [2.45, 2.75) is 19.0 Å². The molecule has 1 saturated heterocycles. The molecule has 0 spiro atoms. The first-order valence-electron chi connectivity index (χ1n) is 9.39. The Labute approximate surface area is 171 Å². The van der Waals surface area contributed by atoms with E-state index in [-0.39, 0.29) is 5.91 Å². The molecule has 2 aliphatic rings. The summed E-state index contributed by atoms with van der Waals surface area (Å²) in [7, 11) is 0. The quantitative estimate of drug-likeness (QED) is 0.345. The number of nitrogens with zero attached hydrogens (tertiary/aromatic N) is 5. The van der Waals surface area contributed by atoms with Gasteiger partial charge in [0.1, 0.15) is 27.6 Å². The molecule has 0 bridgehead atoms. The summed E-state index contributed by atoms with van der Waals surface area (Å²) in [6, 6.07) is 8.40. The van der Waals surface area contributed by atoms with E-state index in [1.807, 2.05) is 17.0 Å². The summed E-state index contributed by atoms with van der Waals surface area (Å²) < 4.78 is 13.4. The second kappa shape index (κ2) is 7.40. The van der Waals surface area contributed by atoms with E-state index < -0.39 is 6.17 Å². The average Bonchev–Trinajstić information content (AvgIpc) is 3.35. The maximum atomic E-state index is 13.4. The van der Waals surface area contributed by atoms with Gasteiger partial charge in [-0.3, -0.25) is 4.79 Å². The molecule has 10 heteroatoms. The minimum absolute atomic E-state index is 0. The van der Waals surface area contributed by atoms with E-state index in [4.69, 9.17) is 5.73 Å². The fourth-order valence-corrected chi connectivity index (χ4v) is 4.64. The Morgan fingerprint density at radius 3 is 2.80 bits per heavy atom. The van der Waals surface area contributed by atoms with E-state index >= 15 is 0 Å². The predicted octanol–water partition coefficient (Wildman–Crippen LogP) is 2.73. The number of carbonyl (C=O) groups is 1. The van der Waals surface area contributed by atoms with Crippen molar-refractivity contribution >= 4 is 34.4 Å². The van der Waals surface area contributed by atoms with E-state index in [9.17, 15) is 9.18 Å². The molecule has 1 amide bonds. The molecule has 1 fully saturated rings. The molecular formula is C20H18CmFN6OS-. The number of thiazole rings is 1. The zero-order chi connectivity index (χ0) is 20.0. The van der Waals surface area contributed by atoms with Crippen molar-refractivity contribution in [3.8, 4) is 10.7 Å². The van der Waals surface area contributed by atoms with Crippen molar-refractivity contribution < 1.29 is 9.18 Å². The fourth-order valence-electron chi connectivity index (χ4n) is 3.62. The molecule has 0 radical (unpaired) electrons. The number of nitrogens with two attached hydrogens (primary N) is 1. The monoisotopic (exact) mass is 652 g/mol. The summed E-state index contributed by atoms with van der Waals surface area (Å²) in [5, 5.41) is 0.658. The number of benzene rings is 1. The summed E-state index contributed by atoms with van der Waals surface area (Å²) in [5.41, 5.74) is 8.36. The van der Waals surface area contributed by atoms with Gasteiger partial charge in [-0.25, -0.2) is 19.3 Å². The van der Waals surface area contributed by atoms with Gasteiger partial charge in [-0.15, -0.1) is 29.5 Å². The van der Waals surface area contributed by atoms with Crippen LogP contribution in [0.15, 0.2) is 30.6 Å². The molecular weight excluding hydrogens is 638 g/mol. The Hall–Kier alpha value is -4.07. The number of halogens is 1. The largest absolute Gasteiger partial charge is 0.420 e. The molecule has 156 valence electrons. The van der Waals surface area contributed by atoms with E-state index in [1.165, 1.54) is 11.3 Å². The third-order valence-corrected chi connectivity index (χ3v) is 6.22. The summed E-state index contributed by atoms with van der Waals surface area (Å²) in [6.45, 7) is 1.52. The van der Waals surface area contributed by atoms with E-state index in [0.29, 0.717) is 65.2 Å². The molecule has 0 aliphatic carbocycles. The molecule has 2 aromatic heterocycles. The predicted molar refractivity (Wildman–Crippen MR) is 110 cm³/mol. The first-order chi connectivity index (χ1) is 14.1. The van der Waals surface area contributed by atoms with Crippen LogP contribution >= 0.6 is 11.3 Å². The van der Waals surface area contributed by atoms with Crippen LogP contribution in [-0.4, -0.2) is 46.7 Å². The van der Waals surface area contributed by atoms with Crippen molar-refractivity contribution in [2.24, 2.45) is 0 Å². The van der Waals surface area contributed by atoms with Crippen LogP contribution in [0.2, 0.25) is 0 Å². The Kier molecular flexibility index (Phi) is 4.75. The number of aromatic nitrogens is 3. The number of nitrogen functional groups attached to an aromatic ring is 1. The van der Waals surface area contributed by atoms with Gasteiger partial charge in [0, 0.05) is 19.5 Å². The number of hydrogen-bond acceptors (Lipinski definition) is 7. The summed E-state index contributed by atoms with van der Waals surface area (Å²) in [4.78, 5) is 30.6. The van der Waals surface area contributed by atoms with Gasteiger partial charge in [-0.2, -0.15) is 6.07 Å². The fraction of sp³-hybridized carbons (Fsp3) is 0.300. The zero-order valence-electron chi connectivity index (χ0n) is 15.9. The summed E-state index contributed by atoms with van der Waals surface area (Å²) in [6.07, 6.45) is 3.64. The van der Waals surface area contributed by atoms with Gasteiger partial charge in [0.2, 0.25) is 0 Å². The molecule has 4 heterocycles. The van der Waals surface area contributed by atoms with Crippen LogP contribution in [0.4, 0.5) is 21.6 Å². The maximum absolute atomic E-state index is 13.4. The van der Waals surface area contributed by atoms with Gasteiger partial charge in [-0.05, 0) is 6.42 Å². The summed E-state index contributed by atoms with van der Waals surface area (Å²) in [5.74, 6) is 0.558. The third kappa shape index (κ3) is 3.28. The smallest absolute Gasteiger partial charge is 0.268 e. The Bertz CT molecular complexity index is 1080. The number of carbonyl (C=O) groups excluding carboxylic acids is 1. The first-order valence-corrected chi connectivity index (χ1v) is 10.2. The second-order valence-corrected chi connectivity index (χ2v) is 8.08. The van der Waals surface area contributed by atoms with Crippen LogP contribution in [0.25, 0.3) is 10.7 Å². The van der Waals surface area contributed by atoms with Crippen LogP contribution in [0.3, 0.4) is 0 Å². The van der Waals surface area contributed by atoms with E-state index in [0.717, 1.165) is 5.69 Å². The molecule has 2 N–H and O–H groups in total. The van der Waals surface area contributed by atoms with Gasteiger partial charge in [0.25, 0.3) is 5.91 Å². The topological polar surface area (TPSA) is 88.2 Å². The maximum Gasteiger partial charge on any atom is 0.268 e. The Morgan fingerprint density at radius 2 is 2.10 bits per heavy atom. The second-order valence-electron chi connectivity index (χ2n) is 7.08. The number of amides is 1. The van der Waals surface area contributed by atoms with Crippen molar-refractivity contribution in [2.75, 3.05) is 35.2 Å². The van der Waals surface area contributed by atoms with Crippen LogP contribution in [0, 0.1) is 6.07 Å². The molecule has 5 rings (SSSR count). The molecule has 1 aromatic carbocycles. The molecule has 1 unspecified atom stereocenters. The summed E-state index contributed by atoms with van der Waals surface area (Å²) >= 11 is 1.31. The number of fused-ring (bicyclic) bond motifs is 1. The molecule has 0 saturated carbocycles. The Morgan fingerprint density at radius 1 is 1.23 bits per heavy atom. The third-order valence-electron chi connectivity index (χ3n) is 5.11. The van der Waals surface area contributed by atoms with Gasteiger partial charge >= 0.3 is 0 Å².